The molecule has 0 rings (SSSR count). The second-order valence-corrected chi connectivity index (χ2v) is 2.90. The van der Waals surface area contributed by atoms with Gasteiger partial charge in [0.15, 0.2) is 0 Å². The Morgan fingerprint density at radius 1 is 1.27 bits per heavy atom. The predicted octanol–water partition coefficient (Wildman–Crippen LogP) is 3.54. The third-order valence-corrected chi connectivity index (χ3v) is 1.91. The van der Waals surface area contributed by atoms with Crippen LogP contribution < -0.4 is 0 Å². The van der Waals surface area contributed by atoms with Gasteiger partial charge in [-0.3, -0.25) is 0 Å². The lowest BCUT2D eigenvalue weighted by molar-refractivity contribution is 0.0957. The van der Waals surface area contributed by atoms with E-state index in [0.29, 0.717) is 6.10 Å². The van der Waals surface area contributed by atoms with E-state index in [4.69, 9.17) is 4.74 Å². The van der Waals surface area contributed by atoms with Crippen LogP contribution in [0.5, 0.6) is 0 Å². The van der Waals surface area contributed by atoms with Gasteiger partial charge in [0.1, 0.15) is 0 Å². The number of unbranched alkanes of at least 4 members (excludes halogenated alkanes) is 2. The van der Waals surface area contributed by atoms with Crippen LogP contribution in [0.1, 0.15) is 52.9 Å². The predicted molar refractivity (Wildman–Crippen MR) is 49.3 cm³/mol. The Balaban J connectivity index is 3.20. The lowest BCUT2D eigenvalue weighted by Gasteiger charge is -2.13. The summed E-state index contributed by atoms with van der Waals surface area (Å²) in [6, 6.07) is 0. The van der Waals surface area contributed by atoms with Crippen molar-refractivity contribution < 1.29 is 4.74 Å². The lowest BCUT2D eigenvalue weighted by Crippen LogP contribution is -2.08. The van der Waals surface area contributed by atoms with E-state index in [0.717, 1.165) is 6.42 Å². The van der Waals surface area contributed by atoms with E-state index in [1.165, 1.54) is 25.7 Å². The highest BCUT2D eigenvalue weighted by Crippen LogP contribution is 2.10. The largest absolute Gasteiger partial charge is 0.373 e. The fraction of sp³-hybridized carbons (Fsp3) is 0.900. The van der Waals surface area contributed by atoms with Gasteiger partial charge in [0.05, 0.1) is 12.7 Å². The van der Waals surface area contributed by atoms with Gasteiger partial charge in [-0.2, -0.15) is 0 Å². The molecule has 1 atom stereocenters. The maximum atomic E-state index is 5.41. The molecule has 0 heterocycles. The first-order valence-electron chi connectivity index (χ1n) is 4.78. The molecule has 1 unspecified atom stereocenters. The van der Waals surface area contributed by atoms with Gasteiger partial charge in [0.25, 0.3) is 0 Å². The molecule has 1 nitrogen and oxygen atoms in total. The molecule has 11 heavy (non-hydrogen) atoms. The van der Waals surface area contributed by atoms with Gasteiger partial charge in [-0.05, 0) is 19.8 Å². The van der Waals surface area contributed by atoms with E-state index in [9.17, 15) is 0 Å². The normalized spacial score (nSPS) is 13.4. The molecule has 0 aromatic carbocycles. The summed E-state index contributed by atoms with van der Waals surface area (Å²) in [5.41, 5.74) is 0. The van der Waals surface area contributed by atoms with Crippen molar-refractivity contribution in [3.8, 4) is 0 Å². The number of hydrogen-bond acceptors (Lipinski definition) is 1. The highest BCUT2D eigenvalue weighted by atomic mass is 16.5. The van der Waals surface area contributed by atoms with Crippen molar-refractivity contribution in [3.63, 3.8) is 0 Å². The van der Waals surface area contributed by atoms with E-state index in [2.05, 4.69) is 13.8 Å². The summed E-state index contributed by atoms with van der Waals surface area (Å²) in [4.78, 5) is 0. The lowest BCUT2D eigenvalue weighted by atomic mass is 10.1. The maximum absolute atomic E-state index is 5.41. The minimum Gasteiger partial charge on any atom is -0.373 e. The first kappa shape index (κ1) is 11.0. The highest BCUT2D eigenvalue weighted by molar-refractivity contribution is 4.57. The van der Waals surface area contributed by atoms with Gasteiger partial charge < -0.3 is 4.74 Å². The van der Waals surface area contributed by atoms with Crippen molar-refractivity contribution in [2.24, 2.45) is 0 Å². The molecule has 0 aliphatic heterocycles. The van der Waals surface area contributed by atoms with E-state index < -0.39 is 0 Å². The van der Waals surface area contributed by atoms with Crippen LogP contribution in [0.4, 0.5) is 0 Å². The van der Waals surface area contributed by atoms with E-state index in [1.54, 1.807) is 6.61 Å². The van der Waals surface area contributed by atoms with Crippen LogP contribution in [0.25, 0.3) is 0 Å². The third kappa shape index (κ3) is 6.36. The molecule has 0 aromatic rings. The second-order valence-electron chi connectivity index (χ2n) is 2.90. The summed E-state index contributed by atoms with van der Waals surface area (Å²) in [7, 11) is 0. The monoisotopic (exact) mass is 157 g/mol. The van der Waals surface area contributed by atoms with Crippen molar-refractivity contribution in [2.45, 2.75) is 59.0 Å². The topological polar surface area (TPSA) is 9.23 Å². The Labute approximate surface area is 71.1 Å². The fourth-order valence-corrected chi connectivity index (χ4v) is 1.18. The van der Waals surface area contributed by atoms with Crippen molar-refractivity contribution in [2.75, 3.05) is 0 Å². The van der Waals surface area contributed by atoms with Gasteiger partial charge in [-0.25, -0.2) is 0 Å². The van der Waals surface area contributed by atoms with Crippen LogP contribution in [0.2, 0.25) is 0 Å². The van der Waals surface area contributed by atoms with E-state index >= 15 is 0 Å². The number of hydrogen-bond donors (Lipinski definition) is 0. The molecule has 0 aliphatic rings. The molecule has 0 bridgehead atoms. The van der Waals surface area contributed by atoms with Crippen molar-refractivity contribution in [1.29, 1.82) is 0 Å². The molecule has 1 heteroatoms. The zero-order valence-corrected chi connectivity index (χ0v) is 8.10. The molecule has 0 aromatic heterocycles. The maximum Gasteiger partial charge on any atom is 0.0809 e. The number of rotatable bonds is 7. The average molecular weight is 157 g/mol. The Morgan fingerprint density at radius 3 is 2.45 bits per heavy atom. The zero-order chi connectivity index (χ0) is 8.53. The molecule has 0 amide bonds. The molecule has 0 aliphatic carbocycles. The van der Waals surface area contributed by atoms with Crippen LogP contribution in [-0.2, 0) is 4.74 Å². The Hall–Kier alpha value is -0.0400. The first-order valence-corrected chi connectivity index (χ1v) is 4.78. The Bertz CT molecular complexity index is 71.3. The minimum absolute atomic E-state index is 0.464. The van der Waals surface area contributed by atoms with Crippen molar-refractivity contribution in [3.05, 3.63) is 6.61 Å². The average Bonchev–Trinajstić information content (AvgIpc) is 2.03. The van der Waals surface area contributed by atoms with Gasteiger partial charge in [0, 0.05) is 0 Å². The van der Waals surface area contributed by atoms with Crippen LogP contribution in [0, 0.1) is 6.61 Å². The Morgan fingerprint density at radius 2 is 2.00 bits per heavy atom. The second kappa shape index (κ2) is 8.06. The van der Waals surface area contributed by atoms with Crippen LogP contribution in [0.3, 0.4) is 0 Å². The summed E-state index contributed by atoms with van der Waals surface area (Å²) >= 11 is 0. The van der Waals surface area contributed by atoms with Crippen LogP contribution in [-0.4, -0.2) is 6.10 Å². The summed E-state index contributed by atoms with van der Waals surface area (Å²) in [6.45, 7) is 8.16. The molecule has 0 saturated carbocycles. The van der Waals surface area contributed by atoms with Gasteiger partial charge >= 0.3 is 0 Å². The molecule has 1 radical (unpaired) electrons. The smallest absolute Gasteiger partial charge is 0.0809 e. The third-order valence-electron chi connectivity index (χ3n) is 1.91. The molecule has 67 valence electrons. The minimum atomic E-state index is 0.464. The molecule has 0 spiro atoms. The summed E-state index contributed by atoms with van der Waals surface area (Å²) in [5, 5.41) is 0. The van der Waals surface area contributed by atoms with Crippen molar-refractivity contribution >= 4 is 0 Å². The standard InChI is InChI=1S/C10H21O/c1-4-7-8-9-10(5-2)11-6-3/h6,10H,4-5,7-9H2,1-3H3. The highest BCUT2D eigenvalue weighted by Gasteiger charge is 2.03. The fourth-order valence-electron chi connectivity index (χ4n) is 1.18. The summed E-state index contributed by atoms with van der Waals surface area (Å²) < 4.78 is 5.41. The quantitative estimate of drug-likeness (QED) is 0.513. The summed E-state index contributed by atoms with van der Waals surface area (Å²) in [5.74, 6) is 0. The van der Waals surface area contributed by atoms with Gasteiger partial charge in [0.2, 0.25) is 0 Å². The SMILES string of the molecule is C[CH]OC(CC)CCCCC. The Kier molecular flexibility index (Phi) is 8.03. The van der Waals surface area contributed by atoms with Gasteiger partial charge in [-0.1, -0.05) is 33.1 Å². The summed E-state index contributed by atoms with van der Waals surface area (Å²) in [6.07, 6.45) is 6.76. The molecule has 0 fully saturated rings. The van der Waals surface area contributed by atoms with Gasteiger partial charge in [-0.15, -0.1) is 0 Å². The van der Waals surface area contributed by atoms with Crippen molar-refractivity contribution in [1.82, 2.24) is 0 Å². The van der Waals surface area contributed by atoms with E-state index in [1.807, 2.05) is 6.92 Å². The molecule has 0 N–H and O–H groups in total. The molecular formula is C10H21O. The van der Waals surface area contributed by atoms with Crippen LogP contribution in [0.15, 0.2) is 0 Å². The van der Waals surface area contributed by atoms with Crippen LogP contribution >= 0.6 is 0 Å². The van der Waals surface area contributed by atoms with E-state index in [-0.39, 0.29) is 0 Å². The number of ether oxygens (including phenoxy) is 1. The molecular weight excluding hydrogens is 136 g/mol. The first-order chi connectivity index (χ1) is 5.35. The zero-order valence-electron chi connectivity index (χ0n) is 8.10. The molecule has 0 saturated heterocycles.